The molecular weight excluding hydrogens is 344 g/mol. The molecule has 1 aliphatic heterocycles. The zero-order chi connectivity index (χ0) is 18.1. The predicted octanol–water partition coefficient (Wildman–Crippen LogP) is 5.01. The van der Waals surface area contributed by atoms with Gasteiger partial charge in [-0.05, 0) is 36.8 Å². The van der Waals surface area contributed by atoms with Crippen LogP contribution in [0.4, 0.5) is 0 Å². The Morgan fingerprint density at radius 3 is 2.58 bits per heavy atom. The predicted molar refractivity (Wildman–Crippen MR) is 104 cm³/mol. The summed E-state index contributed by atoms with van der Waals surface area (Å²) < 4.78 is 5.03. The molecule has 0 saturated heterocycles. The molecule has 0 atom stereocenters. The van der Waals surface area contributed by atoms with Crippen LogP contribution in [0.15, 0.2) is 75.2 Å². The van der Waals surface area contributed by atoms with E-state index in [-0.39, 0.29) is 0 Å². The summed E-state index contributed by atoms with van der Waals surface area (Å²) in [7, 11) is 0. The number of ether oxygens (including phenoxy) is 1. The highest BCUT2D eigenvalue weighted by molar-refractivity contribution is 7.99. The van der Waals surface area contributed by atoms with E-state index >= 15 is 0 Å². The van der Waals surface area contributed by atoms with Gasteiger partial charge in [-0.3, -0.25) is 0 Å². The highest BCUT2D eigenvalue weighted by Crippen LogP contribution is 2.33. The molecule has 0 aliphatic carbocycles. The smallest absolute Gasteiger partial charge is 0.363 e. The fourth-order valence-corrected chi connectivity index (χ4v) is 3.68. The number of esters is 1. The molecule has 0 unspecified atom stereocenters. The van der Waals surface area contributed by atoms with E-state index in [9.17, 15) is 4.79 Å². The van der Waals surface area contributed by atoms with Crippen molar-refractivity contribution in [2.24, 2.45) is 4.99 Å². The normalized spacial score (nSPS) is 15.4. The maximum absolute atomic E-state index is 11.9. The minimum atomic E-state index is -0.428. The van der Waals surface area contributed by atoms with E-state index < -0.39 is 5.97 Å². The molecule has 4 nitrogen and oxygen atoms in total. The Kier molecular flexibility index (Phi) is 4.31. The molecule has 0 bridgehead atoms. The molecular formula is C21H16N2O2S. The van der Waals surface area contributed by atoms with Crippen molar-refractivity contribution in [3.8, 4) is 0 Å². The van der Waals surface area contributed by atoms with Crippen LogP contribution in [-0.2, 0) is 9.53 Å². The lowest BCUT2D eigenvalue weighted by atomic mass is 10.1. The van der Waals surface area contributed by atoms with Gasteiger partial charge < -0.3 is 4.74 Å². The van der Waals surface area contributed by atoms with Gasteiger partial charge in [0, 0.05) is 22.8 Å². The second kappa shape index (κ2) is 6.77. The average Bonchev–Trinajstić information content (AvgIpc) is 2.94. The number of cyclic esters (lactones) is 1. The van der Waals surface area contributed by atoms with Crippen LogP contribution in [0.5, 0.6) is 0 Å². The summed E-state index contributed by atoms with van der Waals surface area (Å²) in [5.74, 6) is -0.0643. The number of hydrogen-bond acceptors (Lipinski definition) is 5. The molecule has 3 aromatic rings. The number of aliphatic imine (C=N–C) groups is 1. The fourth-order valence-electron chi connectivity index (χ4n) is 2.79. The molecule has 1 aromatic heterocycles. The Morgan fingerprint density at radius 2 is 1.85 bits per heavy atom. The van der Waals surface area contributed by atoms with Gasteiger partial charge in [-0.15, -0.1) is 0 Å². The number of nitrogens with zero attached hydrogens (tertiary/aromatic N) is 2. The lowest BCUT2D eigenvalue weighted by Gasteiger charge is -2.09. The molecule has 0 amide bonds. The van der Waals surface area contributed by atoms with E-state index in [4.69, 9.17) is 9.72 Å². The SMILES string of the molecule is CC1=N/C(=C/c2cc3cccc(C)c3nc2Sc2ccccc2)C(=O)O1. The van der Waals surface area contributed by atoms with Crippen LogP contribution in [-0.4, -0.2) is 16.9 Å². The first-order valence-corrected chi connectivity index (χ1v) is 9.04. The monoisotopic (exact) mass is 360 g/mol. The largest absolute Gasteiger partial charge is 0.407 e. The summed E-state index contributed by atoms with van der Waals surface area (Å²) >= 11 is 1.57. The minimum absolute atomic E-state index is 0.297. The van der Waals surface area contributed by atoms with Crippen molar-refractivity contribution in [3.05, 3.63) is 71.4 Å². The Bertz CT molecular complexity index is 1070. The van der Waals surface area contributed by atoms with Crippen molar-refractivity contribution in [1.29, 1.82) is 0 Å². The summed E-state index contributed by atoms with van der Waals surface area (Å²) in [4.78, 5) is 22.1. The fraction of sp³-hybridized carbons (Fsp3) is 0.0952. The first-order chi connectivity index (χ1) is 12.6. The molecule has 26 heavy (non-hydrogen) atoms. The van der Waals surface area contributed by atoms with Gasteiger partial charge in [-0.2, -0.15) is 0 Å². The Balaban J connectivity index is 1.88. The van der Waals surface area contributed by atoms with Crippen LogP contribution in [0.3, 0.4) is 0 Å². The van der Waals surface area contributed by atoms with Gasteiger partial charge in [-0.25, -0.2) is 14.8 Å². The number of fused-ring (bicyclic) bond motifs is 1. The highest BCUT2D eigenvalue weighted by Gasteiger charge is 2.21. The lowest BCUT2D eigenvalue weighted by molar-refractivity contribution is -0.130. The first-order valence-electron chi connectivity index (χ1n) is 8.22. The second-order valence-corrected chi connectivity index (χ2v) is 7.06. The molecule has 0 spiro atoms. The zero-order valence-electron chi connectivity index (χ0n) is 14.4. The topological polar surface area (TPSA) is 51.5 Å². The van der Waals surface area contributed by atoms with Crippen LogP contribution < -0.4 is 0 Å². The summed E-state index contributed by atoms with van der Waals surface area (Å²) in [5.41, 5.74) is 3.22. The van der Waals surface area contributed by atoms with E-state index in [1.165, 1.54) is 0 Å². The summed E-state index contributed by atoms with van der Waals surface area (Å²) in [6, 6.07) is 18.2. The van der Waals surface area contributed by atoms with Gasteiger partial charge in [-0.1, -0.05) is 48.2 Å². The number of aromatic nitrogens is 1. The number of hydrogen-bond donors (Lipinski definition) is 0. The summed E-state index contributed by atoms with van der Waals surface area (Å²) in [6.45, 7) is 3.72. The van der Waals surface area contributed by atoms with Crippen molar-refractivity contribution in [1.82, 2.24) is 4.98 Å². The molecule has 5 heteroatoms. The second-order valence-electron chi connectivity index (χ2n) is 5.99. The summed E-state index contributed by atoms with van der Waals surface area (Å²) in [6.07, 6.45) is 1.75. The van der Waals surface area contributed by atoms with Crippen LogP contribution >= 0.6 is 11.8 Å². The molecule has 1 aliphatic rings. The standard InChI is InChI=1S/C21H16N2O2S/c1-13-7-6-8-15-11-16(12-18-21(24)25-14(2)22-18)20(23-19(13)15)26-17-9-4-3-5-10-17/h3-12H,1-2H3/b18-12+. The number of carbonyl (C=O) groups is 1. The van der Waals surface area contributed by atoms with Gasteiger partial charge in [0.2, 0.25) is 0 Å². The number of carbonyl (C=O) groups excluding carboxylic acids is 1. The quantitative estimate of drug-likeness (QED) is 0.487. The number of para-hydroxylation sites is 1. The van der Waals surface area contributed by atoms with Crippen molar-refractivity contribution in [3.63, 3.8) is 0 Å². The van der Waals surface area contributed by atoms with Crippen molar-refractivity contribution in [2.45, 2.75) is 23.8 Å². The van der Waals surface area contributed by atoms with Crippen LogP contribution in [0.1, 0.15) is 18.1 Å². The van der Waals surface area contributed by atoms with E-state index in [0.717, 1.165) is 32.0 Å². The van der Waals surface area contributed by atoms with Crippen molar-refractivity contribution < 1.29 is 9.53 Å². The highest BCUT2D eigenvalue weighted by atomic mass is 32.2. The van der Waals surface area contributed by atoms with Crippen LogP contribution in [0.2, 0.25) is 0 Å². The van der Waals surface area contributed by atoms with Gasteiger partial charge >= 0.3 is 5.97 Å². The zero-order valence-corrected chi connectivity index (χ0v) is 15.2. The molecule has 0 radical (unpaired) electrons. The average molecular weight is 360 g/mol. The van der Waals surface area contributed by atoms with E-state index in [1.807, 2.05) is 61.5 Å². The number of benzene rings is 2. The molecule has 0 N–H and O–H groups in total. The Hall–Kier alpha value is -2.92. The molecule has 0 fully saturated rings. The maximum Gasteiger partial charge on any atom is 0.363 e. The van der Waals surface area contributed by atoms with E-state index in [1.54, 1.807) is 24.8 Å². The molecule has 2 heterocycles. The van der Waals surface area contributed by atoms with E-state index in [2.05, 4.69) is 4.99 Å². The van der Waals surface area contributed by atoms with Crippen molar-refractivity contribution >= 4 is 40.6 Å². The maximum atomic E-state index is 11.9. The van der Waals surface area contributed by atoms with Crippen LogP contribution in [0, 0.1) is 6.92 Å². The third-order valence-electron chi connectivity index (χ3n) is 4.02. The molecule has 4 rings (SSSR count). The molecule has 128 valence electrons. The van der Waals surface area contributed by atoms with Crippen LogP contribution in [0.25, 0.3) is 17.0 Å². The third-order valence-corrected chi connectivity index (χ3v) is 5.05. The Morgan fingerprint density at radius 1 is 1.04 bits per heavy atom. The number of aryl methyl sites for hydroxylation is 1. The van der Waals surface area contributed by atoms with Gasteiger partial charge in [0.05, 0.1) is 5.52 Å². The number of pyridine rings is 1. The first kappa shape index (κ1) is 16.5. The Labute approximate surface area is 155 Å². The minimum Gasteiger partial charge on any atom is -0.407 e. The van der Waals surface area contributed by atoms with E-state index in [0.29, 0.717) is 11.6 Å². The van der Waals surface area contributed by atoms with Gasteiger partial charge in [0.25, 0.3) is 0 Å². The molecule has 2 aromatic carbocycles. The molecule has 0 saturated carbocycles. The van der Waals surface area contributed by atoms with Gasteiger partial charge in [0.1, 0.15) is 5.03 Å². The summed E-state index contributed by atoms with van der Waals surface area (Å²) in [5, 5.41) is 1.86. The van der Waals surface area contributed by atoms with Gasteiger partial charge in [0.15, 0.2) is 11.6 Å². The number of rotatable bonds is 3. The lowest BCUT2D eigenvalue weighted by Crippen LogP contribution is -2.00. The van der Waals surface area contributed by atoms with Crippen molar-refractivity contribution in [2.75, 3.05) is 0 Å². The third kappa shape index (κ3) is 3.26.